The average Bonchev–Trinajstić information content (AvgIpc) is 3.09. The molecule has 4 aromatic rings. The van der Waals surface area contributed by atoms with Gasteiger partial charge in [0.05, 0.1) is 7.11 Å². The van der Waals surface area contributed by atoms with Crippen LogP contribution in [-0.4, -0.2) is 27.4 Å². The van der Waals surface area contributed by atoms with Gasteiger partial charge >= 0.3 is 0 Å². The van der Waals surface area contributed by atoms with Gasteiger partial charge in [0.2, 0.25) is 11.3 Å². The van der Waals surface area contributed by atoms with Crippen molar-refractivity contribution in [1.82, 2.24) is 20.3 Å². The zero-order valence-corrected chi connectivity index (χ0v) is 14.7. The SMILES string of the molecule is COc1ccc(Nc2nc3nonc3nc2-c2cccc(Br)c2)cc1. The third-order valence-electron chi connectivity index (χ3n) is 3.57. The summed E-state index contributed by atoms with van der Waals surface area (Å²) in [6.45, 7) is 0. The lowest BCUT2D eigenvalue weighted by Gasteiger charge is -2.11. The summed E-state index contributed by atoms with van der Waals surface area (Å²) >= 11 is 3.48. The molecule has 0 aliphatic heterocycles. The van der Waals surface area contributed by atoms with Crippen LogP contribution in [0.4, 0.5) is 11.5 Å². The molecule has 0 fully saturated rings. The predicted molar refractivity (Wildman–Crippen MR) is 96.8 cm³/mol. The van der Waals surface area contributed by atoms with Crippen LogP contribution in [0.1, 0.15) is 0 Å². The second-order valence-electron chi connectivity index (χ2n) is 5.20. The second-order valence-corrected chi connectivity index (χ2v) is 6.11. The van der Waals surface area contributed by atoms with E-state index in [1.54, 1.807) is 7.11 Å². The first-order chi connectivity index (χ1) is 12.2. The Hall–Kier alpha value is -3.00. The van der Waals surface area contributed by atoms with Crippen molar-refractivity contribution in [3.05, 3.63) is 53.0 Å². The number of anilines is 2. The zero-order chi connectivity index (χ0) is 17.2. The monoisotopic (exact) mass is 397 g/mol. The Balaban J connectivity index is 1.81. The number of fused-ring (bicyclic) bond motifs is 1. The lowest BCUT2D eigenvalue weighted by atomic mass is 10.1. The van der Waals surface area contributed by atoms with E-state index < -0.39 is 0 Å². The number of halogens is 1. The van der Waals surface area contributed by atoms with Gasteiger partial charge < -0.3 is 10.1 Å². The number of ether oxygens (including phenoxy) is 1. The predicted octanol–water partition coefficient (Wildman–Crippen LogP) is 4.19. The van der Waals surface area contributed by atoms with E-state index in [1.165, 1.54) is 0 Å². The van der Waals surface area contributed by atoms with Crippen LogP contribution in [0.2, 0.25) is 0 Å². The molecule has 4 rings (SSSR count). The van der Waals surface area contributed by atoms with Crippen molar-refractivity contribution in [2.24, 2.45) is 0 Å². The number of benzene rings is 2. The van der Waals surface area contributed by atoms with Gasteiger partial charge in [0, 0.05) is 15.7 Å². The summed E-state index contributed by atoms with van der Waals surface area (Å²) in [6.07, 6.45) is 0. The van der Waals surface area contributed by atoms with Crippen LogP contribution in [0.25, 0.3) is 22.6 Å². The van der Waals surface area contributed by atoms with E-state index in [0.29, 0.717) is 22.8 Å². The van der Waals surface area contributed by atoms with Crippen molar-refractivity contribution >= 4 is 38.7 Å². The topological polar surface area (TPSA) is 86.0 Å². The molecule has 0 bridgehead atoms. The molecule has 0 aliphatic carbocycles. The fourth-order valence-corrected chi connectivity index (χ4v) is 2.77. The number of nitrogens with one attached hydrogen (secondary N) is 1. The highest BCUT2D eigenvalue weighted by Crippen LogP contribution is 2.30. The lowest BCUT2D eigenvalue weighted by Crippen LogP contribution is -2.00. The highest BCUT2D eigenvalue weighted by molar-refractivity contribution is 9.10. The Bertz CT molecular complexity index is 1030. The maximum absolute atomic E-state index is 5.18. The molecular weight excluding hydrogens is 386 g/mol. The first kappa shape index (κ1) is 15.5. The third-order valence-corrected chi connectivity index (χ3v) is 4.06. The number of methoxy groups -OCH3 is 1. The summed E-state index contributed by atoms with van der Waals surface area (Å²) in [5.41, 5.74) is 3.09. The Morgan fingerprint density at radius 3 is 2.48 bits per heavy atom. The zero-order valence-electron chi connectivity index (χ0n) is 13.1. The van der Waals surface area contributed by atoms with Gasteiger partial charge in [0.15, 0.2) is 5.82 Å². The number of aromatic nitrogens is 4. The molecule has 0 spiro atoms. The van der Waals surface area contributed by atoms with Gasteiger partial charge in [-0.2, -0.15) is 0 Å². The minimum atomic E-state index is 0.342. The Labute approximate surface area is 151 Å². The molecule has 0 unspecified atom stereocenters. The fraction of sp³-hybridized carbons (Fsp3) is 0.0588. The van der Waals surface area contributed by atoms with Crippen molar-refractivity contribution in [3.8, 4) is 17.0 Å². The van der Waals surface area contributed by atoms with E-state index in [4.69, 9.17) is 9.37 Å². The first-order valence-electron chi connectivity index (χ1n) is 7.40. The van der Waals surface area contributed by atoms with Gasteiger partial charge in [-0.25, -0.2) is 14.6 Å². The molecule has 0 atom stereocenters. The molecule has 25 heavy (non-hydrogen) atoms. The van der Waals surface area contributed by atoms with Crippen LogP contribution >= 0.6 is 15.9 Å². The third kappa shape index (κ3) is 3.16. The smallest absolute Gasteiger partial charge is 0.245 e. The van der Waals surface area contributed by atoms with Gasteiger partial charge in [-0.1, -0.05) is 28.1 Å². The summed E-state index contributed by atoms with van der Waals surface area (Å²) < 4.78 is 10.9. The number of rotatable bonds is 4. The van der Waals surface area contributed by atoms with Gasteiger partial charge in [-0.05, 0) is 46.7 Å². The maximum Gasteiger partial charge on any atom is 0.245 e. The van der Waals surface area contributed by atoms with Gasteiger partial charge in [0.1, 0.15) is 11.4 Å². The van der Waals surface area contributed by atoms with Crippen molar-refractivity contribution in [3.63, 3.8) is 0 Å². The van der Waals surface area contributed by atoms with E-state index in [2.05, 4.69) is 41.5 Å². The molecule has 7 nitrogen and oxygen atoms in total. The van der Waals surface area contributed by atoms with Crippen molar-refractivity contribution in [1.29, 1.82) is 0 Å². The largest absolute Gasteiger partial charge is 0.497 e. The first-order valence-corrected chi connectivity index (χ1v) is 8.19. The van der Waals surface area contributed by atoms with E-state index in [-0.39, 0.29) is 0 Å². The minimum absolute atomic E-state index is 0.342. The van der Waals surface area contributed by atoms with Crippen LogP contribution in [0.5, 0.6) is 5.75 Å². The average molecular weight is 398 g/mol. The molecule has 2 heterocycles. The number of hydrogen-bond donors (Lipinski definition) is 1. The van der Waals surface area contributed by atoms with Gasteiger partial charge in [-0.15, -0.1) is 0 Å². The van der Waals surface area contributed by atoms with Gasteiger partial charge in [0.25, 0.3) is 0 Å². The molecule has 1 N–H and O–H groups in total. The van der Waals surface area contributed by atoms with E-state index in [9.17, 15) is 0 Å². The van der Waals surface area contributed by atoms with Gasteiger partial charge in [-0.3, -0.25) is 0 Å². The normalized spacial score (nSPS) is 10.8. The summed E-state index contributed by atoms with van der Waals surface area (Å²) in [5.74, 6) is 1.34. The molecule has 0 aliphatic rings. The molecule has 0 saturated heterocycles. The van der Waals surface area contributed by atoms with Crippen LogP contribution in [0.3, 0.4) is 0 Å². The summed E-state index contributed by atoms with van der Waals surface area (Å²) in [7, 11) is 1.63. The Morgan fingerprint density at radius 1 is 1.00 bits per heavy atom. The van der Waals surface area contributed by atoms with E-state index in [0.717, 1.165) is 21.5 Å². The molecule has 0 amide bonds. The Kier molecular flexibility index (Phi) is 4.02. The lowest BCUT2D eigenvalue weighted by molar-refractivity contribution is 0.314. The highest BCUT2D eigenvalue weighted by Gasteiger charge is 2.15. The van der Waals surface area contributed by atoms with Crippen LogP contribution in [0, 0.1) is 0 Å². The highest BCUT2D eigenvalue weighted by atomic mass is 79.9. The van der Waals surface area contributed by atoms with E-state index >= 15 is 0 Å². The van der Waals surface area contributed by atoms with Crippen molar-refractivity contribution in [2.75, 3.05) is 12.4 Å². The summed E-state index contributed by atoms with van der Waals surface area (Å²) in [5, 5.41) is 10.8. The Morgan fingerprint density at radius 2 is 1.76 bits per heavy atom. The summed E-state index contributed by atoms with van der Waals surface area (Å²) in [6, 6.07) is 15.3. The van der Waals surface area contributed by atoms with E-state index in [1.807, 2.05) is 48.5 Å². The number of hydrogen-bond acceptors (Lipinski definition) is 7. The molecule has 8 heteroatoms. The second kappa shape index (κ2) is 6.48. The van der Waals surface area contributed by atoms with Crippen LogP contribution < -0.4 is 10.1 Å². The molecule has 0 radical (unpaired) electrons. The standard InChI is InChI=1S/C17H12BrN5O2/c1-24-13-7-5-12(6-8-13)19-15-14(10-3-2-4-11(18)9-10)20-16-17(21-15)23-25-22-16/h2-9H,1H3,(H,19,21,23). The summed E-state index contributed by atoms with van der Waals surface area (Å²) in [4.78, 5) is 9.03. The molecule has 2 aromatic carbocycles. The molecule has 2 aromatic heterocycles. The quantitative estimate of drug-likeness (QED) is 0.552. The molecular formula is C17H12BrN5O2. The number of nitrogens with zero attached hydrogens (tertiary/aromatic N) is 4. The maximum atomic E-state index is 5.18. The van der Waals surface area contributed by atoms with Crippen LogP contribution in [-0.2, 0) is 0 Å². The molecule has 0 saturated carbocycles. The molecule has 124 valence electrons. The van der Waals surface area contributed by atoms with Crippen molar-refractivity contribution < 1.29 is 9.37 Å². The fourth-order valence-electron chi connectivity index (χ4n) is 2.37. The minimum Gasteiger partial charge on any atom is -0.497 e. The van der Waals surface area contributed by atoms with Crippen LogP contribution in [0.15, 0.2) is 57.6 Å². The van der Waals surface area contributed by atoms with Crippen molar-refractivity contribution in [2.45, 2.75) is 0 Å².